The molecule has 0 aromatic heterocycles. The number of carbonyl (C=O) groups excluding carboxylic acids is 1. The first-order valence-electron chi connectivity index (χ1n) is 10.0. The van der Waals surface area contributed by atoms with Crippen LogP contribution in [0.25, 0.3) is 0 Å². The average Bonchev–Trinajstić information content (AvgIpc) is 3.47. The summed E-state index contributed by atoms with van der Waals surface area (Å²) in [5.74, 6) is -0.848. The maximum absolute atomic E-state index is 11.9. The van der Waals surface area contributed by atoms with Crippen LogP contribution < -0.4 is 10.1 Å². The van der Waals surface area contributed by atoms with Crippen LogP contribution >= 0.6 is 0 Å². The SMILES string of the molecule is CC(C)CC(=O)NC1(c2ccc(C(=O)O)cc2)CC1.OCc1cccc(OC(F)(F)F)c1. The Bertz CT molecular complexity index is 922. The van der Waals surface area contributed by atoms with Gasteiger partial charge in [-0.05, 0) is 54.2 Å². The first kappa shape index (κ1) is 25.2. The highest BCUT2D eigenvalue weighted by molar-refractivity contribution is 5.87. The third-order valence-corrected chi connectivity index (χ3v) is 4.72. The lowest BCUT2D eigenvalue weighted by atomic mass is 10.0. The second-order valence-corrected chi connectivity index (χ2v) is 7.96. The van der Waals surface area contributed by atoms with E-state index >= 15 is 0 Å². The first-order valence-corrected chi connectivity index (χ1v) is 10.0. The Balaban J connectivity index is 0.000000244. The minimum Gasteiger partial charge on any atom is -0.478 e. The van der Waals surface area contributed by atoms with E-state index in [4.69, 9.17) is 10.2 Å². The molecule has 0 spiro atoms. The van der Waals surface area contributed by atoms with Gasteiger partial charge in [-0.15, -0.1) is 13.2 Å². The Labute approximate surface area is 184 Å². The summed E-state index contributed by atoms with van der Waals surface area (Å²) >= 11 is 0. The van der Waals surface area contributed by atoms with Gasteiger partial charge >= 0.3 is 12.3 Å². The number of amides is 1. The Kier molecular flexibility index (Phi) is 8.26. The quantitative estimate of drug-likeness (QED) is 0.569. The second kappa shape index (κ2) is 10.5. The van der Waals surface area contributed by atoms with Crippen molar-refractivity contribution in [2.75, 3.05) is 0 Å². The van der Waals surface area contributed by atoms with Gasteiger partial charge in [0.2, 0.25) is 5.91 Å². The molecule has 0 radical (unpaired) electrons. The number of hydrogen-bond acceptors (Lipinski definition) is 4. The lowest BCUT2D eigenvalue weighted by Gasteiger charge is -2.19. The van der Waals surface area contributed by atoms with E-state index in [1.807, 2.05) is 13.8 Å². The van der Waals surface area contributed by atoms with Gasteiger partial charge in [-0.25, -0.2) is 4.79 Å². The number of alkyl halides is 3. The molecule has 0 atom stereocenters. The third kappa shape index (κ3) is 7.88. The molecule has 1 fully saturated rings. The van der Waals surface area contributed by atoms with E-state index in [9.17, 15) is 22.8 Å². The van der Waals surface area contributed by atoms with E-state index in [-0.39, 0.29) is 29.4 Å². The minimum atomic E-state index is -4.69. The molecule has 2 aromatic carbocycles. The number of nitrogens with one attached hydrogen (secondary N) is 1. The maximum Gasteiger partial charge on any atom is 0.573 e. The van der Waals surface area contributed by atoms with Crippen LogP contribution in [0.4, 0.5) is 13.2 Å². The van der Waals surface area contributed by atoms with Crippen LogP contribution in [-0.4, -0.2) is 28.5 Å². The first-order chi connectivity index (χ1) is 14.9. The van der Waals surface area contributed by atoms with Gasteiger partial charge in [-0.2, -0.15) is 0 Å². The van der Waals surface area contributed by atoms with Crippen molar-refractivity contribution in [2.24, 2.45) is 5.92 Å². The number of aliphatic hydroxyl groups is 1. The molecule has 0 unspecified atom stereocenters. The molecule has 174 valence electrons. The van der Waals surface area contributed by atoms with E-state index in [2.05, 4.69) is 10.1 Å². The Morgan fingerprint density at radius 2 is 1.75 bits per heavy atom. The zero-order valence-corrected chi connectivity index (χ0v) is 17.8. The molecule has 3 rings (SSSR count). The molecule has 0 saturated heterocycles. The van der Waals surface area contributed by atoms with E-state index in [0.717, 1.165) is 24.5 Å². The van der Waals surface area contributed by atoms with Crippen molar-refractivity contribution in [3.05, 3.63) is 65.2 Å². The molecule has 3 N–H and O–H groups in total. The number of ether oxygens (including phenoxy) is 1. The molecule has 9 heteroatoms. The van der Waals surface area contributed by atoms with Crippen molar-refractivity contribution in [2.45, 2.75) is 51.6 Å². The number of aliphatic hydroxyl groups excluding tert-OH is 1. The van der Waals surface area contributed by atoms with Crippen LogP contribution in [-0.2, 0) is 16.9 Å². The molecule has 6 nitrogen and oxygen atoms in total. The lowest BCUT2D eigenvalue weighted by molar-refractivity contribution is -0.274. The van der Waals surface area contributed by atoms with Gasteiger partial charge in [0.15, 0.2) is 0 Å². The molecule has 1 amide bonds. The average molecular weight is 453 g/mol. The van der Waals surface area contributed by atoms with Gasteiger partial charge in [0.05, 0.1) is 17.7 Å². The Morgan fingerprint density at radius 1 is 1.12 bits per heavy atom. The summed E-state index contributed by atoms with van der Waals surface area (Å²) < 4.78 is 38.7. The Morgan fingerprint density at radius 3 is 2.22 bits per heavy atom. The predicted molar refractivity (Wildman–Crippen MR) is 111 cm³/mol. The maximum atomic E-state index is 11.9. The van der Waals surface area contributed by atoms with Crippen molar-refractivity contribution in [3.8, 4) is 5.75 Å². The smallest absolute Gasteiger partial charge is 0.478 e. The predicted octanol–water partition coefficient (Wildman–Crippen LogP) is 4.61. The number of benzene rings is 2. The standard InChI is InChI=1S/C15H19NO3.C8H7F3O2/c1-10(2)9-13(17)16-15(7-8-15)12-5-3-11(4-6-12)14(18)19;9-8(10,11)13-7-3-1-2-6(4-7)5-12/h3-6,10H,7-9H2,1-2H3,(H,16,17)(H,18,19);1-4,12H,5H2. The molecule has 1 aliphatic rings. The summed E-state index contributed by atoms with van der Waals surface area (Å²) in [5.41, 5.74) is 1.38. The fourth-order valence-corrected chi connectivity index (χ4v) is 3.07. The molecular formula is C23H26F3NO5. The molecule has 2 aromatic rings. The number of carboxylic acids is 1. The van der Waals surface area contributed by atoms with Crippen LogP contribution in [0.1, 0.15) is 54.6 Å². The molecular weight excluding hydrogens is 427 g/mol. The summed E-state index contributed by atoms with van der Waals surface area (Å²) in [5, 5.41) is 20.6. The number of carbonyl (C=O) groups is 2. The van der Waals surface area contributed by atoms with E-state index in [1.165, 1.54) is 18.2 Å². The van der Waals surface area contributed by atoms with Crippen LogP contribution in [0.15, 0.2) is 48.5 Å². The van der Waals surface area contributed by atoms with E-state index in [1.54, 1.807) is 24.3 Å². The number of aromatic carboxylic acids is 1. The topological polar surface area (TPSA) is 95.9 Å². The molecule has 1 saturated carbocycles. The highest BCUT2D eigenvalue weighted by Crippen LogP contribution is 2.45. The highest BCUT2D eigenvalue weighted by Gasteiger charge is 2.45. The second-order valence-electron chi connectivity index (χ2n) is 7.96. The lowest BCUT2D eigenvalue weighted by Crippen LogP contribution is -2.35. The van der Waals surface area contributed by atoms with E-state index in [0.29, 0.717) is 17.9 Å². The summed E-state index contributed by atoms with van der Waals surface area (Å²) in [6, 6.07) is 12.0. The van der Waals surface area contributed by atoms with Crippen molar-refractivity contribution in [1.29, 1.82) is 0 Å². The monoisotopic (exact) mass is 453 g/mol. The zero-order chi connectivity index (χ0) is 23.9. The molecule has 0 heterocycles. The van der Waals surface area contributed by atoms with Crippen molar-refractivity contribution in [3.63, 3.8) is 0 Å². The summed E-state index contributed by atoms with van der Waals surface area (Å²) in [4.78, 5) is 22.7. The van der Waals surface area contributed by atoms with Crippen molar-refractivity contribution in [1.82, 2.24) is 5.32 Å². The largest absolute Gasteiger partial charge is 0.573 e. The summed E-state index contributed by atoms with van der Waals surface area (Å²) in [6.45, 7) is 3.72. The summed E-state index contributed by atoms with van der Waals surface area (Å²) in [7, 11) is 0. The number of halogens is 3. The number of hydrogen-bond donors (Lipinski definition) is 3. The van der Waals surface area contributed by atoms with Gasteiger partial charge in [0.25, 0.3) is 0 Å². The Hall–Kier alpha value is -3.07. The van der Waals surface area contributed by atoms with Gasteiger partial charge in [-0.1, -0.05) is 38.1 Å². The van der Waals surface area contributed by atoms with Gasteiger partial charge in [-0.3, -0.25) is 4.79 Å². The number of carboxylic acid groups (broad SMARTS) is 1. The van der Waals surface area contributed by atoms with Crippen LogP contribution in [0.3, 0.4) is 0 Å². The molecule has 32 heavy (non-hydrogen) atoms. The number of rotatable bonds is 7. The minimum absolute atomic E-state index is 0.0646. The normalized spacial score (nSPS) is 14.2. The zero-order valence-electron chi connectivity index (χ0n) is 17.8. The van der Waals surface area contributed by atoms with Gasteiger partial charge in [0.1, 0.15) is 5.75 Å². The fourth-order valence-electron chi connectivity index (χ4n) is 3.07. The molecule has 1 aliphatic carbocycles. The van der Waals surface area contributed by atoms with Crippen molar-refractivity contribution < 1.29 is 37.7 Å². The fraction of sp³-hybridized carbons (Fsp3) is 0.391. The van der Waals surface area contributed by atoms with E-state index < -0.39 is 12.3 Å². The van der Waals surface area contributed by atoms with Crippen LogP contribution in [0, 0.1) is 5.92 Å². The molecule has 0 aliphatic heterocycles. The van der Waals surface area contributed by atoms with Crippen LogP contribution in [0.2, 0.25) is 0 Å². The van der Waals surface area contributed by atoms with Crippen molar-refractivity contribution >= 4 is 11.9 Å². The summed E-state index contributed by atoms with van der Waals surface area (Å²) in [6.07, 6.45) is -2.32. The van der Waals surface area contributed by atoms with Crippen LogP contribution in [0.5, 0.6) is 5.75 Å². The molecule has 0 bridgehead atoms. The van der Waals surface area contributed by atoms with Gasteiger partial charge < -0.3 is 20.3 Å². The third-order valence-electron chi connectivity index (χ3n) is 4.72. The highest BCUT2D eigenvalue weighted by atomic mass is 19.4. The van der Waals surface area contributed by atoms with Gasteiger partial charge in [0, 0.05) is 6.42 Å².